The predicted molar refractivity (Wildman–Crippen MR) is 92.4 cm³/mol. The maximum absolute atomic E-state index is 13.5. The van der Waals surface area contributed by atoms with Gasteiger partial charge in [0.1, 0.15) is 17.3 Å². The molecule has 0 spiro atoms. The lowest BCUT2D eigenvalue weighted by Crippen LogP contribution is -2.25. The van der Waals surface area contributed by atoms with Gasteiger partial charge in [-0.25, -0.2) is 9.38 Å². The number of aromatic amines is 1. The number of hydrogen-bond donors (Lipinski definition) is 3. The molecule has 0 radical (unpaired) electrons. The zero-order valence-corrected chi connectivity index (χ0v) is 14.6. The quantitative estimate of drug-likeness (QED) is 0.458. The maximum Gasteiger partial charge on any atom is 0.573 e. The van der Waals surface area contributed by atoms with E-state index in [2.05, 4.69) is 24.9 Å². The molecule has 0 fully saturated rings. The van der Waals surface area contributed by atoms with Crippen LogP contribution in [0.4, 0.5) is 23.2 Å². The summed E-state index contributed by atoms with van der Waals surface area (Å²) in [5, 5.41) is 28.8. The van der Waals surface area contributed by atoms with Crippen LogP contribution in [0.1, 0.15) is 6.92 Å². The Balaban J connectivity index is 1.85. The highest BCUT2D eigenvalue weighted by Gasteiger charge is 2.33. The molecular weight excluding hydrogens is 396 g/mol. The van der Waals surface area contributed by atoms with E-state index in [1.54, 1.807) is 0 Å². The van der Waals surface area contributed by atoms with Gasteiger partial charge < -0.3 is 19.9 Å². The van der Waals surface area contributed by atoms with E-state index in [9.17, 15) is 27.8 Å². The van der Waals surface area contributed by atoms with E-state index in [1.807, 2.05) is 0 Å². The molecule has 0 aliphatic carbocycles. The van der Waals surface area contributed by atoms with Crippen LogP contribution < -0.4 is 15.3 Å². The van der Waals surface area contributed by atoms with Gasteiger partial charge >= 0.3 is 6.36 Å². The number of nitrogens with one attached hydrogen (secondary N) is 1. The third-order valence-corrected chi connectivity index (χ3v) is 4.21. The molecule has 0 saturated carbocycles. The second-order valence-electron chi connectivity index (χ2n) is 6.42. The van der Waals surface area contributed by atoms with E-state index in [0.29, 0.717) is 5.52 Å². The SMILES string of the molecule is CC1(O)N=c2ccc(OC(F)(F)F)cc2=C1N=Nc1c(O)[nH]c2ccc(F)cc12. The summed E-state index contributed by atoms with van der Waals surface area (Å²) in [6, 6.07) is 7.04. The largest absolute Gasteiger partial charge is 0.573 e. The molecule has 2 aromatic carbocycles. The van der Waals surface area contributed by atoms with Gasteiger partial charge in [-0.3, -0.25) is 0 Å². The number of H-pyrrole nitrogens is 1. The highest BCUT2D eigenvalue weighted by Crippen LogP contribution is 2.37. The molecular formula is C18H12F4N4O3. The summed E-state index contributed by atoms with van der Waals surface area (Å²) in [4.78, 5) is 6.60. The van der Waals surface area contributed by atoms with Crippen LogP contribution in [0.25, 0.3) is 16.6 Å². The van der Waals surface area contributed by atoms with Crippen molar-refractivity contribution in [1.82, 2.24) is 4.98 Å². The summed E-state index contributed by atoms with van der Waals surface area (Å²) in [5.41, 5.74) is -1.74. The molecule has 1 atom stereocenters. The molecule has 29 heavy (non-hydrogen) atoms. The van der Waals surface area contributed by atoms with Crippen LogP contribution in [-0.4, -0.2) is 27.3 Å². The third-order valence-electron chi connectivity index (χ3n) is 4.21. The molecule has 1 aliphatic rings. The number of fused-ring (bicyclic) bond motifs is 2. The standard InChI is InChI=1S/C18H12F4N4O3/c1-17(28)15(11-7-9(29-18(20,21)22)3-5-13(11)24-17)26-25-14-10-6-8(19)2-4-12(10)23-16(14)27/h2-7,23,27-28H,1H3. The van der Waals surface area contributed by atoms with Gasteiger partial charge in [0, 0.05) is 10.6 Å². The van der Waals surface area contributed by atoms with Crippen molar-refractivity contribution in [2.75, 3.05) is 0 Å². The van der Waals surface area contributed by atoms with Gasteiger partial charge in [0.05, 0.1) is 10.9 Å². The number of nitrogens with zero attached hydrogens (tertiary/aromatic N) is 3. The Kier molecular flexibility index (Phi) is 4.08. The average molecular weight is 408 g/mol. The Morgan fingerprint density at radius 3 is 2.62 bits per heavy atom. The Bertz CT molecular complexity index is 1280. The van der Waals surface area contributed by atoms with Gasteiger partial charge in [-0.05, 0) is 43.3 Å². The fraction of sp³-hybridized carbons (Fsp3) is 0.167. The number of ether oxygens (including phenoxy) is 1. The van der Waals surface area contributed by atoms with Crippen LogP contribution in [0.15, 0.2) is 51.6 Å². The minimum absolute atomic E-state index is 0.0750. The van der Waals surface area contributed by atoms with Gasteiger partial charge in [0.25, 0.3) is 0 Å². The zero-order valence-electron chi connectivity index (χ0n) is 14.6. The second-order valence-corrected chi connectivity index (χ2v) is 6.42. The van der Waals surface area contributed by atoms with Crippen molar-refractivity contribution in [1.29, 1.82) is 0 Å². The van der Waals surface area contributed by atoms with Gasteiger partial charge in [-0.15, -0.1) is 23.4 Å². The van der Waals surface area contributed by atoms with Gasteiger partial charge in [-0.2, -0.15) is 0 Å². The van der Waals surface area contributed by atoms with Gasteiger partial charge in [-0.1, -0.05) is 0 Å². The number of rotatable bonds is 3. The number of aromatic hydroxyl groups is 1. The van der Waals surface area contributed by atoms with E-state index in [-0.39, 0.29) is 33.2 Å². The highest BCUT2D eigenvalue weighted by atomic mass is 19.4. The first kappa shape index (κ1) is 18.9. The molecule has 0 bridgehead atoms. The Hall–Kier alpha value is -3.47. The smallest absolute Gasteiger partial charge is 0.493 e. The molecule has 11 heteroatoms. The van der Waals surface area contributed by atoms with Gasteiger partial charge in [0.15, 0.2) is 11.4 Å². The van der Waals surface area contributed by atoms with Crippen molar-refractivity contribution in [2.45, 2.75) is 19.0 Å². The van der Waals surface area contributed by atoms with Crippen molar-refractivity contribution in [2.24, 2.45) is 15.2 Å². The van der Waals surface area contributed by atoms with E-state index >= 15 is 0 Å². The summed E-state index contributed by atoms with van der Waals surface area (Å²) in [7, 11) is 0. The fourth-order valence-corrected chi connectivity index (χ4v) is 3.03. The van der Waals surface area contributed by atoms with E-state index in [4.69, 9.17) is 0 Å². The van der Waals surface area contributed by atoms with Crippen LogP contribution in [-0.2, 0) is 0 Å². The fourth-order valence-electron chi connectivity index (χ4n) is 3.03. The summed E-state index contributed by atoms with van der Waals surface area (Å²) in [5.74, 6) is -1.48. The molecule has 0 amide bonds. The number of hydrogen-bond acceptors (Lipinski definition) is 6. The van der Waals surface area contributed by atoms with Crippen LogP contribution in [0.3, 0.4) is 0 Å². The van der Waals surface area contributed by atoms with Crippen molar-refractivity contribution < 1.29 is 32.5 Å². The number of aliphatic hydroxyl groups is 1. The van der Waals surface area contributed by atoms with Crippen molar-refractivity contribution in [3.8, 4) is 11.6 Å². The van der Waals surface area contributed by atoms with Crippen LogP contribution >= 0.6 is 0 Å². The zero-order chi connectivity index (χ0) is 21.0. The number of alkyl halides is 3. The first-order valence-corrected chi connectivity index (χ1v) is 8.18. The summed E-state index contributed by atoms with van der Waals surface area (Å²) >= 11 is 0. The summed E-state index contributed by atoms with van der Waals surface area (Å²) in [6.07, 6.45) is -4.89. The monoisotopic (exact) mass is 408 g/mol. The molecule has 7 nitrogen and oxygen atoms in total. The van der Waals surface area contributed by atoms with Crippen molar-refractivity contribution in [3.05, 3.63) is 52.8 Å². The molecule has 2 heterocycles. The first-order chi connectivity index (χ1) is 13.5. The molecule has 1 aliphatic heterocycles. The Morgan fingerprint density at radius 2 is 1.90 bits per heavy atom. The molecule has 1 unspecified atom stereocenters. The minimum atomic E-state index is -4.89. The summed E-state index contributed by atoms with van der Waals surface area (Å²) in [6.45, 7) is 1.28. The Labute approximate surface area is 159 Å². The molecule has 0 saturated heterocycles. The Morgan fingerprint density at radius 1 is 1.14 bits per heavy atom. The lowest BCUT2D eigenvalue weighted by atomic mass is 10.1. The topological polar surface area (TPSA) is 103 Å². The van der Waals surface area contributed by atoms with Crippen molar-refractivity contribution in [3.63, 3.8) is 0 Å². The first-order valence-electron chi connectivity index (χ1n) is 8.18. The van der Waals surface area contributed by atoms with Crippen LogP contribution in [0, 0.1) is 5.82 Å². The average Bonchev–Trinajstić information content (AvgIpc) is 3.03. The molecule has 3 N–H and O–H groups in total. The predicted octanol–water partition coefficient (Wildman–Crippen LogP) is 3.15. The number of aromatic nitrogens is 1. The molecule has 4 rings (SSSR count). The van der Waals surface area contributed by atoms with Crippen LogP contribution in [0.5, 0.6) is 11.6 Å². The molecule has 150 valence electrons. The van der Waals surface area contributed by atoms with E-state index < -0.39 is 23.7 Å². The summed E-state index contributed by atoms with van der Waals surface area (Å²) < 4.78 is 54.9. The maximum atomic E-state index is 13.5. The normalized spacial score (nSPS) is 19.0. The number of azo groups is 1. The highest BCUT2D eigenvalue weighted by molar-refractivity contribution is 5.94. The molecule has 3 aromatic rings. The minimum Gasteiger partial charge on any atom is -0.493 e. The lowest BCUT2D eigenvalue weighted by Gasteiger charge is -2.13. The molecule has 1 aromatic heterocycles. The second kappa shape index (κ2) is 6.27. The van der Waals surface area contributed by atoms with E-state index in [1.165, 1.54) is 25.1 Å². The number of halogens is 4. The van der Waals surface area contributed by atoms with Crippen molar-refractivity contribution >= 4 is 22.3 Å². The third kappa shape index (κ3) is 3.51. The van der Waals surface area contributed by atoms with E-state index in [0.717, 1.165) is 18.2 Å². The van der Waals surface area contributed by atoms with Gasteiger partial charge in [0.2, 0.25) is 5.88 Å². The number of benzene rings is 2. The lowest BCUT2D eigenvalue weighted by molar-refractivity contribution is -0.274. The van der Waals surface area contributed by atoms with Crippen LogP contribution in [0.2, 0.25) is 0 Å².